The van der Waals surface area contributed by atoms with E-state index in [1.54, 1.807) is 0 Å². The number of H-pyrrole nitrogens is 1. The molecule has 0 aliphatic carbocycles. The lowest BCUT2D eigenvalue weighted by Crippen LogP contribution is -2.44. The van der Waals surface area contributed by atoms with Gasteiger partial charge in [-0.25, -0.2) is 0 Å². The number of carbonyl (C=O) groups is 1. The molecule has 1 N–H and O–H groups in total. The number of nitrogens with one attached hydrogen (secondary N) is 1. The van der Waals surface area contributed by atoms with E-state index < -0.39 is 5.41 Å². The maximum atomic E-state index is 12.5. The standard InChI is InChI=1S/C16H19ClN2O/c1-16(2,10-17)15(20)19-8-7-14-12(9-19)11-5-3-4-6-13(11)18-14/h3-6,18H,7-10H2,1-2H3. The second-order valence-corrected chi connectivity index (χ2v) is 6.39. The number of halogens is 1. The first-order valence-electron chi connectivity index (χ1n) is 6.97. The zero-order chi connectivity index (χ0) is 14.3. The lowest BCUT2D eigenvalue weighted by molar-refractivity contribution is -0.140. The third-order valence-electron chi connectivity index (χ3n) is 4.08. The fraction of sp³-hybridized carbons (Fsp3) is 0.438. The van der Waals surface area contributed by atoms with E-state index in [1.165, 1.54) is 16.6 Å². The van der Waals surface area contributed by atoms with Gasteiger partial charge in [0.15, 0.2) is 0 Å². The Morgan fingerprint density at radius 2 is 2.15 bits per heavy atom. The molecule has 1 aromatic heterocycles. The largest absolute Gasteiger partial charge is 0.358 e. The Balaban J connectivity index is 1.94. The topological polar surface area (TPSA) is 36.1 Å². The number of amides is 1. The Bertz CT molecular complexity index is 660. The van der Waals surface area contributed by atoms with Gasteiger partial charge in [0.25, 0.3) is 0 Å². The molecule has 0 spiro atoms. The second kappa shape index (κ2) is 4.81. The SMILES string of the molecule is CC(C)(CCl)C(=O)N1CCc2[nH]c3ccccc3c2C1. The summed E-state index contributed by atoms with van der Waals surface area (Å²) < 4.78 is 0. The van der Waals surface area contributed by atoms with Crippen molar-refractivity contribution in [1.29, 1.82) is 0 Å². The molecule has 2 aromatic rings. The number of carbonyl (C=O) groups excluding carboxylic acids is 1. The van der Waals surface area contributed by atoms with E-state index in [0.717, 1.165) is 18.5 Å². The molecular weight excluding hydrogens is 272 g/mol. The Morgan fingerprint density at radius 1 is 1.40 bits per heavy atom. The number of para-hydroxylation sites is 1. The van der Waals surface area contributed by atoms with Crippen molar-refractivity contribution in [2.75, 3.05) is 12.4 Å². The Hall–Kier alpha value is -1.48. The van der Waals surface area contributed by atoms with E-state index in [-0.39, 0.29) is 5.91 Å². The van der Waals surface area contributed by atoms with Crippen molar-refractivity contribution in [3.05, 3.63) is 35.5 Å². The van der Waals surface area contributed by atoms with Gasteiger partial charge in [0, 0.05) is 47.6 Å². The molecule has 2 heterocycles. The molecule has 3 rings (SSSR count). The van der Waals surface area contributed by atoms with Crippen LogP contribution in [0, 0.1) is 5.41 Å². The molecule has 0 atom stereocenters. The van der Waals surface area contributed by atoms with Crippen LogP contribution in [0.3, 0.4) is 0 Å². The van der Waals surface area contributed by atoms with Crippen molar-refractivity contribution in [3.8, 4) is 0 Å². The molecule has 3 nitrogen and oxygen atoms in total. The van der Waals surface area contributed by atoms with Gasteiger partial charge in [0.2, 0.25) is 5.91 Å². The van der Waals surface area contributed by atoms with E-state index in [4.69, 9.17) is 11.6 Å². The highest BCUT2D eigenvalue weighted by Gasteiger charge is 2.33. The number of alkyl halides is 1. The van der Waals surface area contributed by atoms with Crippen molar-refractivity contribution in [2.24, 2.45) is 5.41 Å². The number of fused-ring (bicyclic) bond motifs is 3. The van der Waals surface area contributed by atoms with Crippen LogP contribution in [0.5, 0.6) is 0 Å². The molecule has 1 amide bonds. The van der Waals surface area contributed by atoms with Crippen molar-refractivity contribution in [3.63, 3.8) is 0 Å². The van der Waals surface area contributed by atoms with Gasteiger partial charge in [-0.1, -0.05) is 18.2 Å². The Morgan fingerprint density at radius 3 is 2.90 bits per heavy atom. The number of aromatic nitrogens is 1. The smallest absolute Gasteiger partial charge is 0.229 e. The van der Waals surface area contributed by atoms with Crippen molar-refractivity contribution in [1.82, 2.24) is 9.88 Å². The monoisotopic (exact) mass is 290 g/mol. The summed E-state index contributed by atoms with van der Waals surface area (Å²) in [5, 5.41) is 1.23. The molecule has 4 heteroatoms. The van der Waals surface area contributed by atoms with Crippen LogP contribution in [-0.2, 0) is 17.8 Å². The molecule has 0 fully saturated rings. The molecule has 106 valence electrons. The van der Waals surface area contributed by atoms with E-state index in [0.29, 0.717) is 12.4 Å². The average Bonchev–Trinajstić information content (AvgIpc) is 2.84. The lowest BCUT2D eigenvalue weighted by Gasteiger charge is -2.33. The van der Waals surface area contributed by atoms with Crippen LogP contribution in [0.25, 0.3) is 10.9 Å². The Kier molecular flexibility index (Phi) is 3.25. The molecule has 20 heavy (non-hydrogen) atoms. The first-order chi connectivity index (χ1) is 9.53. The highest BCUT2D eigenvalue weighted by molar-refractivity contribution is 6.19. The zero-order valence-corrected chi connectivity index (χ0v) is 12.6. The summed E-state index contributed by atoms with van der Waals surface area (Å²) in [5.74, 6) is 0.492. The molecule has 1 aromatic carbocycles. The minimum Gasteiger partial charge on any atom is -0.358 e. The molecule has 1 aliphatic rings. The summed E-state index contributed by atoms with van der Waals surface area (Å²) in [7, 11) is 0. The highest BCUT2D eigenvalue weighted by Crippen LogP contribution is 2.30. The van der Waals surface area contributed by atoms with Crippen LogP contribution in [0.1, 0.15) is 25.1 Å². The van der Waals surface area contributed by atoms with Gasteiger partial charge >= 0.3 is 0 Å². The third kappa shape index (κ3) is 2.10. The predicted octanol–water partition coefficient (Wildman–Crippen LogP) is 3.32. The predicted molar refractivity (Wildman–Crippen MR) is 81.9 cm³/mol. The van der Waals surface area contributed by atoms with E-state index in [9.17, 15) is 4.79 Å². The van der Waals surface area contributed by atoms with Gasteiger partial charge < -0.3 is 9.88 Å². The fourth-order valence-corrected chi connectivity index (χ4v) is 2.94. The van der Waals surface area contributed by atoms with Gasteiger partial charge in [0.1, 0.15) is 0 Å². The van der Waals surface area contributed by atoms with E-state index in [1.807, 2.05) is 30.9 Å². The minimum absolute atomic E-state index is 0.142. The maximum Gasteiger partial charge on any atom is 0.229 e. The van der Waals surface area contributed by atoms with Gasteiger partial charge in [-0.15, -0.1) is 11.6 Å². The lowest BCUT2D eigenvalue weighted by atomic mass is 9.92. The molecule has 0 bridgehead atoms. The molecule has 0 unspecified atom stereocenters. The molecule has 1 aliphatic heterocycles. The van der Waals surface area contributed by atoms with Crippen molar-refractivity contribution >= 4 is 28.4 Å². The zero-order valence-electron chi connectivity index (χ0n) is 11.9. The first kappa shape index (κ1) is 13.5. The van der Waals surface area contributed by atoms with Gasteiger partial charge in [-0.05, 0) is 19.9 Å². The minimum atomic E-state index is -0.495. The second-order valence-electron chi connectivity index (χ2n) is 6.12. The summed E-state index contributed by atoms with van der Waals surface area (Å²) in [6.07, 6.45) is 0.883. The summed E-state index contributed by atoms with van der Waals surface area (Å²) in [6.45, 7) is 5.26. The van der Waals surface area contributed by atoms with E-state index >= 15 is 0 Å². The molecule has 0 radical (unpaired) electrons. The number of hydrogen-bond donors (Lipinski definition) is 1. The van der Waals surface area contributed by atoms with E-state index in [2.05, 4.69) is 17.1 Å². The summed E-state index contributed by atoms with van der Waals surface area (Å²) >= 11 is 5.93. The van der Waals surface area contributed by atoms with Gasteiger partial charge in [0.05, 0.1) is 5.41 Å². The number of benzene rings is 1. The third-order valence-corrected chi connectivity index (χ3v) is 4.75. The maximum absolute atomic E-state index is 12.5. The van der Waals surface area contributed by atoms with Crippen LogP contribution in [0.2, 0.25) is 0 Å². The van der Waals surface area contributed by atoms with Crippen LogP contribution in [0.4, 0.5) is 0 Å². The normalized spacial score (nSPS) is 15.4. The summed E-state index contributed by atoms with van der Waals surface area (Å²) in [6, 6.07) is 8.28. The van der Waals surface area contributed by atoms with Crippen molar-refractivity contribution in [2.45, 2.75) is 26.8 Å². The number of aromatic amines is 1. The quantitative estimate of drug-likeness (QED) is 0.846. The van der Waals surface area contributed by atoms with Gasteiger partial charge in [-0.2, -0.15) is 0 Å². The molecule has 0 saturated heterocycles. The first-order valence-corrected chi connectivity index (χ1v) is 7.50. The molecular formula is C16H19ClN2O. The van der Waals surface area contributed by atoms with Crippen molar-refractivity contribution < 1.29 is 4.79 Å². The number of nitrogens with zero attached hydrogens (tertiary/aromatic N) is 1. The van der Waals surface area contributed by atoms with Crippen LogP contribution >= 0.6 is 11.6 Å². The Labute approximate surface area is 123 Å². The number of hydrogen-bond acceptors (Lipinski definition) is 1. The fourth-order valence-electron chi connectivity index (χ4n) is 2.83. The summed E-state index contributed by atoms with van der Waals surface area (Å²) in [4.78, 5) is 17.9. The molecule has 0 saturated carbocycles. The highest BCUT2D eigenvalue weighted by atomic mass is 35.5. The number of rotatable bonds is 2. The van der Waals surface area contributed by atoms with Crippen LogP contribution in [-0.4, -0.2) is 28.2 Å². The van der Waals surface area contributed by atoms with Crippen LogP contribution < -0.4 is 0 Å². The summed E-state index contributed by atoms with van der Waals surface area (Å²) in [5.41, 5.74) is 3.18. The van der Waals surface area contributed by atoms with Gasteiger partial charge in [-0.3, -0.25) is 4.79 Å². The average molecular weight is 291 g/mol. The van der Waals surface area contributed by atoms with Crippen LogP contribution in [0.15, 0.2) is 24.3 Å².